The van der Waals surface area contributed by atoms with Gasteiger partial charge in [-0.15, -0.1) is 0 Å². The maximum Gasteiger partial charge on any atom is 0.147 e. The summed E-state index contributed by atoms with van der Waals surface area (Å²) < 4.78 is 26.3. The molecule has 1 aromatic rings. The topological polar surface area (TPSA) is 60.2 Å². The Morgan fingerprint density at radius 1 is 1.43 bits per heavy atom. The van der Waals surface area contributed by atoms with Crippen LogP contribution in [-0.4, -0.2) is 25.6 Å². The van der Waals surface area contributed by atoms with Crippen LogP contribution in [0.3, 0.4) is 0 Å². The van der Waals surface area contributed by atoms with E-state index in [-0.39, 0.29) is 5.75 Å². The summed E-state index contributed by atoms with van der Waals surface area (Å²) >= 11 is 0. The molecule has 0 bridgehead atoms. The number of aromatic nitrogens is 1. The molecule has 1 heterocycles. The van der Waals surface area contributed by atoms with Crippen molar-refractivity contribution in [1.82, 2.24) is 5.16 Å². The van der Waals surface area contributed by atoms with Gasteiger partial charge in [-0.2, -0.15) is 0 Å². The van der Waals surface area contributed by atoms with Crippen molar-refractivity contribution >= 4 is 9.84 Å². The first kappa shape index (κ1) is 13.2. The number of hydrogen-bond acceptors (Lipinski definition) is 4. The molecule has 0 spiro atoms. The Morgan fingerprint density at radius 3 is 2.36 bits per heavy atom. The van der Waals surface area contributed by atoms with E-state index >= 15 is 0 Å². The van der Waals surface area contributed by atoms with Crippen LogP contribution in [0.25, 0.3) is 0 Å². The highest BCUT2D eigenvalue weighted by Gasteiger charge is 2.06. The zero-order valence-electron chi connectivity index (χ0n) is 9.07. The molecular formula is C9H17NO3S. The first-order chi connectivity index (χ1) is 6.47. The van der Waals surface area contributed by atoms with Crippen LogP contribution in [-0.2, 0) is 16.3 Å². The van der Waals surface area contributed by atoms with Crippen molar-refractivity contribution in [3.63, 3.8) is 0 Å². The van der Waals surface area contributed by atoms with Gasteiger partial charge in [-0.05, 0) is 6.92 Å². The van der Waals surface area contributed by atoms with E-state index in [9.17, 15) is 8.42 Å². The summed E-state index contributed by atoms with van der Waals surface area (Å²) in [5, 5.41) is 3.65. The molecular weight excluding hydrogens is 202 g/mol. The highest BCUT2D eigenvalue weighted by atomic mass is 32.2. The van der Waals surface area contributed by atoms with Crippen molar-refractivity contribution in [2.75, 3.05) is 12.0 Å². The van der Waals surface area contributed by atoms with Crippen molar-refractivity contribution in [3.05, 3.63) is 17.5 Å². The van der Waals surface area contributed by atoms with Crippen molar-refractivity contribution < 1.29 is 12.9 Å². The average Bonchev–Trinajstić information content (AvgIpc) is 2.50. The van der Waals surface area contributed by atoms with Gasteiger partial charge in [0, 0.05) is 18.7 Å². The minimum Gasteiger partial charge on any atom is -0.361 e. The van der Waals surface area contributed by atoms with Gasteiger partial charge in [0.2, 0.25) is 0 Å². The largest absolute Gasteiger partial charge is 0.361 e. The van der Waals surface area contributed by atoms with Crippen LogP contribution >= 0.6 is 0 Å². The molecule has 0 aliphatic carbocycles. The summed E-state index contributed by atoms with van der Waals surface area (Å²) in [4.78, 5) is 0. The van der Waals surface area contributed by atoms with Gasteiger partial charge < -0.3 is 4.52 Å². The molecule has 0 unspecified atom stereocenters. The van der Waals surface area contributed by atoms with E-state index in [4.69, 9.17) is 4.52 Å². The molecule has 0 saturated carbocycles. The molecule has 0 aliphatic heterocycles. The molecule has 4 nitrogen and oxygen atoms in total. The summed E-state index contributed by atoms with van der Waals surface area (Å²) in [5.74, 6) is 0.736. The number of rotatable bonds is 3. The van der Waals surface area contributed by atoms with E-state index < -0.39 is 9.84 Å². The second-order valence-corrected chi connectivity index (χ2v) is 5.07. The summed E-state index contributed by atoms with van der Waals surface area (Å²) in [5.41, 5.74) is 0.776. The highest BCUT2D eigenvalue weighted by Crippen LogP contribution is 2.03. The fraction of sp³-hybridized carbons (Fsp3) is 0.667. The number of nitrogens with zero attached hydrogens (tertiary/aromatic N) is 1. The van der Waals surface area contributed by atoms with E-state index in [1.165, 1.54) is 6.26 Å². The molecule has 0 saturated heterocycles. The van der Waals surface area contributed by atoms with Crippen LogP contribution in [0, 0.1) is 6.92 Å². The third-order valence-electron chi connectivity index (χ3n) is 1.40. The predicted octanol–water partition coefficient (Wildman–Crippen LogP) is 1.60. The zero-order chi connectivity index (χ0) is 11.2. The quantitative estimate of drug-likeness (QED) is 0.774. The number of hydrogen-bond donors (Lipinski definition) is 0. The monoisotopic (exact) mass is 219 g/mol. The Labute approximate surface area is 85.2 Å². The van der Waals surface area contributed by atoms with Crippen LogP contribution in [0.4, 0.5) is 0 Å². The van der Waals surface area contributed by atoms with Crippen molar-refractivity contribution in [3.8, 4) is 0 Å². The molecule has 1 aromatic heterocycles. The third kappa shape index (κ3) is 5.75. The Bertz CT molecular complexity index is 354. The van der Waals surface area contributed by atoms with E-state index in [1.807, 2.05) is 13.8 Å². The fourth-order valence-electron chi connectivity index (χ4n) is 0.820. The summed E-state index contributed by atoms with van der Waals surface area (Å²) in [6, 6.07) is 1.74. The second-order valence-electron chi connectivity index (χ2n) is 2.81. The van der Waals surface area contributed by atoms with Crippen LogP contribution < -0.4 is 0 Å². The molecule has 0 fully saturated rings. The van der Waals surface area contributed by atoms with Crippen LogP contribution in [0.1, 0.15) is 25.3 Å². The zero-order valence-corrected chi connectivity index (χ0v) is 9.89. The summed E-state index contributed by atoms with van der Waals surface area (Å²) in [7, 11) is -2.90. The lowest BCUT2D eigenvalue weighted by molar-refractivity contribution is 0.383. The molecule has 0 radical (unpaired) electrons. The summed E-state index contributed by atoms with van der Waals surface area (Å²) in [6.07, 6.45) is 1.61. The van der Waals surface area contributed by atoms with Gasteiger partial charge in [0.15, 0.2) is 0 Å². The lowest BCUT2D eigenvalue weighted by atomic mass is 10.3. The van der Waals surface area contributed by atoms with Gasteiger partial charge in [0.1, 0.15) is 15.6 Å². The first-order valence-corrected chi connectivity index (χ1v) is 6.63. The van der Waals surface area contributed by atoms with Crippen LogP contribution in [0.5, 0.6) is 0 Å². The lowest BCUT2D eigenvalue weighted by Gasteiger charge is -1.92. The number of sulfone groups is 1. The van der Waals surface area contributed by atoms with Crippen molar-refractivity contribution in [1.29, 1.82) is 0 Å². The highest BCUT2D eigenvalue weighted by molar-refractivity contribution is 7.90. The minimum atomic E-state index is -2.90. The fourth-order valence-corrected chi connectivity index (χ4v) is 1.39. The lowest BCUT2D eigenvalue weighted by Crippen LogP contribution is -2.05. The number of aryl methyl sites for hydroxylation is 2. The molecule has 0 atom stereocenters. The third-order valence-corrected chi connectivity index (χ3v) is 2.34. The summed E-state index contributed by atoms with van der Waals surface area (Å²) in [6.45, 7) is 5.80. The maximum atomic E-state index is 10.7. The van der Waals surface area contributed by atoms with Crippen molar-refractivity contribution in [2.45, 2.75) is 27.2 Å². The minimum absolute atomic E-state index is 0.113. The molecule has 5 heteroatoms. The second kappa shape index (κ2) is 5.80. The molecule has 82 valence electrons. The van der Waals surface area contributed by atoms with Crippen LogP contribution in [0.15, 0.2) is 10.6 Å². The Kier molecular flexibility index (Phi) is 5.45. The molecule has 1 rings (SSSR count). The van der Waals surface area contributed by atoms with E-state index in [2.05, 4.69) is 5.16 Å². The maximum absolute atomic E-state index is 10.7. The Balaban J connectivity index is 0.000000791. The van der Waals surface area contributed by atoms with Gasteiger partial charge in [-0.3, -0.25) is 0 Å². The molecule has 14 heavy (non-hydrogen) atoms. The van der Waals surface area contributed by atoms with Gasteiger partial charge in [-0.25, -0.2) is 8.42 Å². The molecule has 0 aliphatic rings. The van der Waals surface area contributed by atoms with Gasteiger partial charge in [0.25, 0.3) is 0 Å². The SMILES string of the molecule is CC.Cc1cc(CCS(C)(=O)=O)on1. The molecule has 0 N–H and O–H groups in total. The van der Waals surface area contributed by atoms with Gasteiger partial charge in [0.05, 0.1) is 11.4 Å². The molecule has 0 amide bonds. The smallest absolute Gasteiger partial charge is 0.147 e. The van der Waals surface area contributed by atoms with E-state index in [0.717, 1.165) is 5.69 Å². The Hall–Kier alpha value is -0.840. The van der Waals surface area contributed by atoms with Gasteiger partial charge in [-0.1, -0.05) is 19.0 Å². The normalized spacial score (nSPS) is 10.6. The average molecular weight is 219 g/mol. The van der Waals surface area contributed by atoms with Gasteiger partial charge >= 0.3 is 0 Å². The molecule has 0 aromatic carbocycles. The Morgan fingerprint density at radius 2 is 2.00 bits per heavy atom. The standard InChI is InChI=1S/C7H11NO3S.C2H6/c1-6-5-7(11-8-6)3-4-12(2,9)10;1-2/h5H,3-4H2,1-2H3;1-2H3. The van der Waals surface area contributed by atoms with E-state index in [1.54, 1.807) is 13.0 Å². The van der Waals surface area contributed by atoms with E-state index in [0.29, 0.717) is 12.2 Å². The predicted molar refractivity (Wildman–Crippen MR) is 56.0 cm³/mol. The van der Waals surface area contributed by atoms with Crippen LogP contribution in [0.2, 0.25) is 0 Å². The van der Waals surface area contributed by atoms with Crippen molar-refractivity contribution in [2.24, 2.45) is 0 Å². The first-order valence-electron chi connectivity index (χ1n) is 4.57.